The zero-order chi connectivity index (χ0) is 23.3. The van der Waals surface area contributed by atoms with Crippen molar-refractivity contribution in [1.82, 2.24) is 19.7 Å². The summed E-state index contributed by atoms with van der Waals surface area (Å²) in [4.78, 5) is 40.1. The second kappa shape index (κ2) is 7.93. The Morgan fingerprint density at radius 3 is 2.24 bits per heavy atom. The molecular weight excluding hydrogens is 454 g/mol. The lowest BCUT2D eigenvalue weighted by Crippen LogP contribution is -2.28. The van der Waals surface area contributed by atoms with Gasteiger partial charge in [0.25, 0.3) is 5.56 Å². The molecule has 1 aliphatic heterocycles. The molecule has 2 aromatic heterocycles. The number of amides is 2. The van der Waals surface area contributed by atoms with Crippen molar-refractivity contribution in [3.63, 3.8) is 0 Å². The number of fused-ring (bicyclic) bond motifs is 1. The van der Waals surface area contributed by atoms with Crippen LogP contribution in [0.2, 0.25) is 5.02 Å². The lowest BCUT2D eigenvalue weighted by molar-refractivity contribution is -0.139. The molecule has 2 aromatic carbocycles. The Kier molecular flexibility index (Phi) is 5.05. The minimum absolute atomic E-state index is 0.0636. The van der Waals surface area contributed by atoms with Crippen LogP contribution >= 0.6 is 11.6 Å². The molecule has 5 rings (SSSR count). The van der Waals surface area contributed by atoms with Gasteiger partial charge < -0.3 is 4.98 Å². The van der Waals surface area contributed by atoms with E-state index in [1.165, 1.54) is 17.2 Å². The molecule has 1 N–H and O–H groups in total. The van der Waals surface area contributed by atoms with E-state index >= 15 is 0 Å². The third-order valence-electron chi connectivity index (χ3n) is 5.54. The fourth-order valence-electron chi connectivity index (χ4n) is 3.93. The molecule has 0 spiro atoms. The summed E-state index contributed by atoms with van der Waals surface area (Å²) in [6, 6.07) is 10.1. The first-order valence-corrected chi connectivity index (χ1v) is 10.4. The smallest absolute Gasteiger partial charge is 0.259 e. The van der Waals surface area contributed by atoms with Crippen LogP contribution in [0.3, 0.4) is 0 Å². The molecule has 7 nitrogen and oxygen atoms in total. The highest BCUT2D eigenvalue weighted by Gasteiger charge is 2.29. The molecule has 10 heteroatoms. The van der Waals surface area contributed by atoms with Crippen LogP contribution in [-0.2, 0) is 16.1 Å². The minimum atomic E-state index is -0.863. The van der Waals surface area contributed by atoms with Crippen molar-refractivity contribution < 1.29 is 18.4 Å². The molecule has 0 bridgehead atoms. The highest BCUT2D eigenvalue weighted by Crippen LogP contribution is 2.33. The van der Waals surface area contributed by atoms with Gasteiger partial charge in [-0.15, -0.1) is 0 Å². The summed E-state index contributed by atoms with van der Waals surface area (Å²) >= 11 is 6.29. The number of imide groups is 1. The van der Waals surface area contributed by atoms with E-state index in [0.29, 0.717) is 11.1 Å². The quantitative estimate of drug-likeness (QED) is 0.459. The van der Waals surface area contributed by atoms with E-state index in [1.807, 2.05) is 0 Å². The Hall–Kier alpha value is -3.85. The van der Waals surface area contributed by atoms with Crippen LogP contribution in [0.1, 0.15) is 18.4 Å². The Labute approximate surface area is 190 Å². The molecule has 3 heterocycles. The van der Waals surface area contributed by atoms with Gasteiger partial charge >= 0.3 is 0 Å². The van der Waals surface area contributed by atoms with Gasteiger partial charge in [0.2, 0.25) is 11.8 Å². The molecule has 0 unspecified atom stereocenters. The largest absolute Gasteiger partial charge is 0.327 e. The number of aromatic nitrogens is 3. The Balaban J connectivity index is 1.63. The Bertz CT molecular complexity index is 1460. The summed E-state index contributed by atoms with van der Waals surface area (Å²) in [6.45, 7) is 0.139. The molecule has 0 saturated carbocycles. The van der Waals surface area contributed by atoms with E-state index in [2.05, 4.69) is 10.1 Å². The summed E-state index contributed by atoms with van der Waals surface area (Å²) in [5, 5.41) is 4.48. The van der Waals surface area contributed by atoms with Crippen LogP contribution in [0.25, 0.3) is 27.8 Å². The number of benzene rings is 2. The second-order valence-electron chi connectivity index (χ2n) is 7.59. The fourth-order valence-corrected chi connectivity index (χ4v) is 4.16. The molecule has 33 heavy (non-hydrogen) atoms. The lowest BCUT2D eigenvalue weighted by atomic mass is 10.1. The van der Waals surface area contributed by atoms with Crippen LogP contribution in [0.4, 0.5) is 8.78 Å². The molecule has 0 atom stereocenters. The van der Waals surface area contributed by atoms with Crippen LogP contribution in [0.15, 0.2) is 53.5 Å². The third-order valence-corrected chi connectivity index (χ3v) is 5.83. The van der Waals surface area contributed by atoms with Crippen LogP contribution in [0.5, 0.6) is 0 Å². The molecule has 1 aliphatic rings. The molecule has 2 amide bonds. The average molecular weight is 469 g/mol. The Morgan fingerprint density at radius 1 is 0.970 bits per heavy atom. The topological polar surface area (TPSA) is 88.1 Å². The minimum Gasteiger partial charge on any atom is -0.327 e. The van der Waals surface area contributed by atoms with Crippen LogP contribution in [0, 0.1) is 11.6 Å². The van der Waals surface area contributed by atoms with Gasteiger partial charge in [0.1, 0.15) is 16.9 Å². The molecule has 1 fully saturated rings. The van der Waals surface area contributed by atoms with Gasteiger partial charge in [0, 0.05) is 24.6 Å². The van der Waals surface area contributed by atoms with Gasteiger partial charge in [-0.2, -0.15) is 5.10 Å². The number of rotatable bonds is 4. The number of hydrogen-bond acceptors (Lipinski definition) is 4. The maximum Gasteiger partial charge on any atom is 0.259 e. The predicted molar refractivity (Wildman–Crippen MR) is 117 cm³/mol. The average Bonchev–Trinajstić information content (AvgIpc) is 3.34. The summed E-state index contributed by atoms with van der Waals surface area (Å²) in [5.74, 6) is -2.17. The van der Waals surface area contributed by atoms with Crippen LogP contribution < -0.4 is 5.56 Å². The van der Waals surface area contributed by atoms with Gasteiger partial charge in [-0.1, -0.05) is 41.9 Å². The number of carbonyl (C=O) groups is 2. The van der Waals surface area contributed by atoms with Crippen molar-refractivity contribution in [3.05, 3.63) is 81.2 Å². The number of para-hydroxylation sites is 1. The molecule has 0 radical (unpaired) electrons. The van der Waals surface area contributed by atoms with Gasteiger partial charge in [-0.25, -0.2) is 13.5 Å². The number of hydrogen-bond donors (Lipinski definition) is 1. The monoisotopic (exact) mass is 468 g/mol. The SMILES string of the molecule is O=C1CCC(=O)N1Cc1ccc(-c2nn(-c3c(F)cccc3F)c3c(Cl)c[nH]c(=O)c23)cc1. The number of pyridine rings is 1. The molecule has 166 valence electrons. The van der Waals surface area contributed by atoms with E-state index in [0.717, 1.165) is 16.8 Å². The normalized spacial score (nSPS) is 14.0. The van der Waals surface area contributed by atoms with Crippen LogP contribution in [-0.4, -0.2) is 31.5 Å². The van der Waals surface area contributed by atoms with E-state index in [9.17, 15) is 23.2 Å². The summed E-state index contributed by atoms with van der Waals surface area (Å²) < 4.78 is 30.0. The van der Waals surface area contributed by atoms with Crippen molar-refractivity contribution in [2.24, 2.45) is 0 Å². The zero-order valence-electron chi connectivity index (χ0n) is 16.9. The predicted octanol–water partition coefficient (Wildman–Crippen LogP) is 3.96. The number of nitrogens with one attached hydrogen (secondary N) is 1. The standard InChI is InChI=1S/C23H15ClF2N4O3/c24-14-10-27-23(33)19-20(28-30(21(14)19)22-15(25)2-1-3-16(22)26)13-6-4-12(5-7-13)11-29-17(31)8-9-18(29)32/h1-7,10H,8-9,11H2,(H,27,33). The first kappa shape index (κ1) is 21.0. The fraction of sp³-hybridized carbons (Fsp3) is 0.130. The van der Waals surface area contributed by atoms with Gasteiger partial charge in [0.05, 0.1) is 17.0 Å². The van der Waals surface area contributed by atoms with Gasteiger partial charge in [0.15, 0.2) is 11.6 Å². The van der Waals surface area contributed by atoms with E-state index in [-0.39, 0.29) is 52.8 Å². The molecule has 0 aliphatic carbocycles. The lowest BCUT2D eigenvalue weighted by Gasteiger charge is -2.13. The van der Waals surface area contributed by atoms with Crippen molar-refractivity contribution in [2.45, 2.75) is 19.4 Å². The molecular formula is C23H15ClF2N4O3. The van der Waals surface area contributed by atoms with E-state index in [4.69, 9.17) is 11.6 Å². The summed E-state index contributed by atoms with van der Waals surface area (Å²) in [5.41, 5.74) is 0.464. The number of likely N-dealkylation sites (tertiary alicyclic amines) is 1. The highest BCUT2D eigenvalue weighted by molar-refractivity contribution is 6.35. The number of aromatic amines is 1. The number of nitrogens with zero attached hydrogens (tertiary/aromatic N) is 3. The summed E-state index contributed by atoms with van der Waals surface area (Å²) in [7, 11) is 0. The number of H-pyrrole nitrogens is 1. The maximum atomic E-state index is 14.5. The second-order valence-corrected chi connectivity index (χ2v) is 8.00. The van der Waals surface area contributed by atoms with Gasteiger partial charge in [-0.05, 0) is 17.7 Å². The summed E-state index contributed by atoms with van der Waals surface area (Å²) in [6.07, 6.45) is 1.65. The first-order chi connectivity index (χ1) is 15.8. The Morgan fingerprint density at radius 2 is 1.61 bits per heavy atom. The first-order valence-electron chi connectivity index (χ1n) is 10.0. The van der Waals surface area contributed by atoms with Crippen molar-refractivity contribution in [3.8, 4) is 16.9 Å². The zero-order valence-corrected chi connectivity index (χ0v) is 17.7. The van der Waals surface area contributed by atoms with E-state index in [1.54, 1.807) is 24.3 Å². The third kappa shape index (κ3) is 3.50. The highest BCUT2D eigenvalue weighted by atomic mass is 35.5. The molecule has 1 saturated heterocycles. The van der Waals surface area contributed by atoms with Gasteiger partial charge in [-0.3, -0.25) is 19.3 Å². The van der Waals surface area contributed by atoms with Crippen molar-refractivity contribution >= 4 is 34.3 Å². The number of halogens is 3. The van der Waals surface area contributed by atoms with E-state index < -0.39 is 22.9 Å². The maximum absolute atomic E-state index is 14.5. The van der Waals surface area contributed by atoms with Crippen molar-refractivity contribution in [2.75, 3.05) is 0 Å². The number of carbonyl (C=O) groups excluding carboxylic acids is 2. The molecule has 4 aromatic rings. The van der Waals surface area contributed by atoms with Crippen molar-refractivity contribution in [1.29, 1.82) is 0 Å².